The van der Waals surface area contributed by atoms with Crippen LogP contribution in [0.2, 0.25) is 0 Å². The predicted octanol–water partition coefficient (Wildman–Crippen LogP) is 3.96. The highest BCUT2D eigenvalue weighted by atomic mass is 16.7. The number of aliphatic hydroxyl groups is 2. The van der Waals surface area contributed by atoms with Crippen molar-refractivity contribution in [2.75, 3.05) is 45.2 Å². The molecule has 1 unspecified atom stereocenters. The molecule has 8 atom stereocenters. The molecule has 8 nitrogen and oxygen atoms in total. The van der Waals surface area contributed by atoms with Gasteiger partial charge in [-0.1, -0.05) is 63.2 Å². The van der Waals surface area contributed by atoms with Gasteiger partial charge >= 0.3 is 0 Å². The first-order chi connectivity index (χ1) is 21.0. The number of likely N-dealkylation sites (N-methyl/N-ethyl adjacent to an activating group) is 1. The summed E-state index contributed by atoms with van der Waals surface area (Å²) in [4.78, 5) is 24.9. The minimum Gasteiger partial charge on any atom is -0.394 e. The number of carbonyl (C=O) groups is 1. The van der Waals surface area contributed by atoms with Crippen molar-refractivity contribution in [2.24, 2.45) is 29.1 Å². The Kier molecular flexibility index (Phi) is 10.4. The third kappa shape index (κ3) is 7.00. The summed E-state index contributed by atoms with van der Waals surface area (Å²) in [6.45, 7) is 11.5. The van der Waals surface area contributed by atoms with E-state index in [0.29, 0.717) is 29.7 Å². The summed E-state index contributed by atoms with van der Waals surface area (Å²) < 4.78 is 0. The summed E-state index contributed by atoms with van der Waals surface area (Å²) in [6.07, 6.45) is 1.72. The Morgan fingerprint density at radius 3 is 2.43 bits per heavy atom. The second-order valence-corrected chi connectivity index (χ2v) is 14.4. The summed E-state index contributed by atoms with van der Waals surface area (Å²) in [5, 5.41) is 26.1. The number of nitrogens with one attached hydrogen (secondary N) is 1. The number of rotatable bonds is 13. The zero-order valence-corrected chi connectivity index (χ0v) is 27.5. The summed E-state index contributed by atoms with van der Waals surface area (Å²) in [6, 6.07) is 18.4. The van der Waals surface area contributed by atoms with E-state index >= 15 is 0 Å². The second kappa shape index (κ2) is 13.9. The normalized spacial score (nSPS) is 30.2. The second-order valence-electron chi connectivity index (χ2n) is 14.4. The van der Waals surface area contributed by atoms with Crippen LogP contribution >= 0.6 is 0 Å². The first-order valence-electron chi connectivity index (χ1n) is 16.5. The van der Waals surface area contributed by atoms with E-state index in [1.54, 1.807) is 12.0 Å². The molecule has 242 valence electrons. The first-order valence-corrected chi connectivity index (χ1v) is 16.5. The highest BCUT2D eigenvalue weighted by Crippen LogP contribution is 2.61. The van der Waals surface area contributed by atoms with E-state index in [1.165, 1.54) is 12.0 Å². The van der Waals surface area contributed by atoms with Crippen molar-refractivity contribution in [2.45, 2.75) is 77.8 Å². The van der Waals surface area contributed by atoms with Crippen LogP contribution in [0.15, 0.2) is 54.6 Å². The number of nitrogens with zero attached hydrogens (tertiary/aromatic N) is 3. The fourth-order valence-corrected chi connectivity index (χ4v) is 8.12. The number of hydrogen-bond acceptors (Lipinski definition) is 7. The van der Waals surface area contributed by atoms with E-state index in [0.717, 1.165) is 43.7 Å². The molecule has 4 fully saturated rings. The van der Waals surface area contributed by atoms with Crippen molar-refractivity contribution in [1.29, 1.82) is 0 Å². The molecule has 4 aliphatic rings. The SMILES string of the molecule is C[C@H](O)[C@@H]1[C@H](CO)ON(Cc2cccc(N(CCc3ccccc3)CCN(C)C)c2)[C@@H]1C(=O)NC1C[C@@H]2C[C@H]([C@@H]1C)C2(C)C. The van der Waals surface area contributed by atoms with E-state index in [9.17, 15) is 15.0 Å². The van der Waals surface area contributed by atoms with Crippen LogP contribution in [0.1, 0.15) is 51.7 Å². The van der Waals surface area contributed by atoms with E-state index in [4.69, 9.17) is 4.84 Å². The molecule has 1 aliphatic heterocycles. The number of aliphatic hydroxyl groups excluding tert-OH is 2. The van der Waals surface area contributed by atoms with Gasteiger partial charge in [-0.25, -0.2) is 0 Å². The van der Waals surface area contributed by atoms with E-state index in [2.05, 4.69) is 98.5 Å². The fraction of sp³-hybridized carbons (Fsp3) is 0.639. The molecule has 3 aliphatic carbocycles. The number of amides is 1. The number of hydroxylamine groups is 2. The minimum atomic E-state index is -0.810. The molecule has 3 N–H and O–H groups in total. The van der Waals surface area contributed by atoms with E-state index in [1.807, 2.05) is 6.07 Å². The minimum absolute atomic E-state index is 0.113. The number of hydrogen-bond donors (Lipinski definition) is 3. The quantitative estimate of drug-likeness (QED) is 0.318. The molecule has 1 amide bonds. The zero-order chi connectivity index (χ0) is 31.6. The molecule has 0 radical (unpaired) electrons. The molecule has 2 aromatic rings. The molecular formula is C36H54N4O4. The molecule has 44 heavy (non-hydrogen) atoms. The predicted molar refractivity (Wildman–Crippen MR) is 175 cm³/mol. The maximum absolute atomic E-state index is 14.0. The lowest BCUT2D eigenvalue weighted by Crippen LogP contribution is -2.62. The van der Waals surface area contributed by atoms with Crippen LogP contribution in [0.25, 0.3) is 0 Å². The fourth-order valence-electron chi connectivity index (χ4n) is 8.12. The Morgan fingerprint density at radius 1 is 1.07 bits per heavy atom. The molecule has 1 saturated heterocycles. The van der Waals surface area contributed by atoms with Gasteiger partial charge < -0.3 is 25.3 Å². The van der Waals surface area contributed by atoms with Crippen LogP contribution in [-0.2, 0) is 22.6 Å². The van der Waals surface area contributed by atoms with Crippen LogP contribution in [0.4, 0.5) is 5.69 Å². The third-order valence-electron chi connectivity index (χ3n) is 11.0. The standard InChI is InChI=1S/C36H54N4O4/c1-24-30-20-28(36(30,3)4)21-31(24)37-35(43)34-33(25(2)42)32(23-41)44-40(34)22-27-13-10-14-29(19-27)39(18-17-38(5)6)16-15-26-11-8-7-9-12-26/h7-14,19,24-25,28,30-34,41-42H,15-18,20-23H2,1-6H3,(H,37,43)/t24-,25-,28-,30+,31?,32-,33+,34-/m0/s1. The van der Waals surface area contributed by atoms with Crippen molar-refractivity contribution in [3.8, 4) is 0 Å². The topological polar surface area (TPSA) is 88.5 Å². The Bertz CT molecular complexity index is 1240. The van der Waals surface area contributed by atoms with Gasteiger partial charge in [0.05, 0.1) is 19.3 Å². The molecule has 6 rings (SSSR count). The van der Waals surface area contributed by atoms with Crippen LogP contribution in [-0.4, -0.2) is 90.7 Å². The van der Waals surface area contributed by atoms with E-state index in [-0.39, 0.29) is 18.6 Å². The van der Waals surface area contributed by atoms with Crippen LogP contribution < -0.4 is 10.2 Å². The maximum Gasteiger partial charge on any atom is 0.240 e. The Labute approximate surface area is 264 Å². The number of fused-ring (bicyclic) bond motifs is 2. The largest absolute Gasteiger partial charge is 0.394 e. The number of carbonyl (C=O) groups excluding carboxylic acids is 1. The summed E-state index contributed by atoms with van der Waals surface area (Å²) in [5.41, 5.74) is 3.79. The maximum atomic E-state index is 14.0. The molecule has 0 aromatic heterocycles. The monoisotopic (exact) mass is 606 g/mol. The van der Waals surface area contributed by atoms with Crippen LogP contribution in [0, 0.1) is 29.1 Å². The third-order valence-corrected chi connectivity index (χ3v) is 11.0. The summed E-state index contributed by atoms with van der Waals surface area (Å²) in [5.74, 6) is 0.988. The van der Waals surface area contributed by atoms with Crippen molar-refractivity contribution in [1.82, 2.24) is 15.3 Å². The Balaban J connectivity index is 1.33. The Morgan fingerprint density at radius 2 is 1.80 bits per heavy atom. The molecule has 2 bridgehead atoms. The lowest BCUT2D eigenvalue weighted by Gasteiger charge is -2.62. The first kappa shape index (κ1) is 32.9. The Hall–Kier alpha value is -2.49. The van der Waals surface area contributed by atoms with Crippen molar-refractivity contribution < 1.29 is 19.8 Å². The van der Waals surface area contributed by atoms with Crippen LogP contribution in [0.5, 0.6) is 0 Å². The van der Waals surface area contributed by atoms with Crippen molar-refractivity contribution in [3.05, 3.63) is 65.7 Å². The van der Waals surface area contributed by atoms with Gasteiger partial charge in [0.2, 0.25) is 5.91 Å². The number of benzene rings is 2. The molecule has 3 saturated carbocycles. The van der Waals surface area contributed by atoms with Gasteiger partial charge in [0.15, 0.2) is 0 Å². The highest BCUT2D eigenvalue weighted by molar-refractivity contribution is 5.82. The van der Waals surface area contributed by atoms with Gasteiger partial charge in [0.25, 0.3) is 0 Å². The molecule has 0 spiro atoms. The molecule has 1 heterocycles. The van der Waals surface area contributed by atoms with Gasteiger partial charge in [-0.3, -0.25) is 9.63 Å². The van der Waals surface area contributed by atoms with E-state index < -0.39 is 24.2 Å². The number of anilines is 1. The lowest BCUT2D eigenvalue weighted by molar-refractivity contribution is -0.183. The van der Waals surface area contributed by atoms with Gasteiger partial charge in [-0.15, -0.1) is 0 Å². The highest BCUT2D eigenvalue weighted by Gasteiger charge is 2.57. The van der Waals surface area contributed by atoms with Crippen molar-refractivity contribution >= 4 is 11.6 Å². The summed E-state index contributed by atoms with van der Waals surface area (Å²) >= 11 is 0. The molecule has 2 aromatic carbocycles. The average molecular weight is 607 g/mol. The van der Waals surface area contributed by atoms with Crippen LogP contribution in [0.3, 0.4) is 0 Å². The smallest absolute Gasteiger partial charge is 0.240 e. The molecular weight excluding hydrogens is 552 g/mol. The van der Waals surface area contributed by atoms with Crippen molar-refractivity contribution in [3.63, 3.8) is 0 Å². The average Bonchev–Trinajstić information content (AvgIpc) is 3.37. The van der Waals surface area contributed by atoms with Gasteiger partial charge in [-0.2, -0.15) is 5.06 Å². The van der Waals surface area contributed by atoms with Gasteiger partial charge in [-0.05, 0) is 86.7 Å². The van der Waals surface area contributed by atoms with Gasteiger partial charge in [0.1, 0.15) is 12.1 Å². The molecule has 8 heteroatoms. The lowest BCUT2D eigenvalue weighted by atomic mass is 9.45. The van der Waals surface area contributed by atoms with Gasteiger partial charge in [0, 0.05) is 37.3 Å². The zero-order valence-electron chi connectivity index (χ0n) is 27.5. The summed E-state index contributed by atoms with van der Waals surface area (Å²) in [7, 11) is 4.19.